The first-order chi connectivity index (χ1) is 19.5. The molecule has 1 fully saturated rings. The maximum atomic E-state index is 13.8. The number of halogens is 2. The normalized spacial score (nSPS) is 17.1. The van der Waals surface area contributed by atoms with E-state index in [2.05, 4.69) is 31.0 Å². The van der Waals surface area contributed by atoms with E-state index in [0.29, 0.717) is 47.9 Å². The molecular formula is C28H31F2N7O3. The summed E-state index contributed by atoms with van der Waals surface area (Å²) in [5.74, 6) is -1.16. The molecule has 2 heterocycles. The summed E-state index contributed by atoms with van der Waals surface area (Å²) >= 11 is 0. The van der Waals surface area contributed by atoms with Crippen LogP contribution in [0.15, 0.2) is 55.1 Å². The van der Waals surface area contributed by atoms with Gasteiger partial charge < -0.3 is 25.8 Å². The number of hydrogen-bond donors (Lipinski definition) is 4. The van der Waals surface area contributed by atoms with Crippen molar-refractivity contribution in [2.75, 3.05) is 30.4 Å². The Kier molecular flexibility index (Phi) is 8.77. The standard InChI is InChI=1S/C28H31F2N7O3/c29-22-5-3-7-24(27(22)30)36-26(39)15-37-14-19(13-34-37)35-28-21-9-8-20(12-25(21)32-17-33-28)40-11-10-31-23-6-2-1-4-18(23)16-38/h3,5,7-9,12-14,17-18,23,31,38H,1-2,4,6,10-11,15-16H2,(H,36,39)(H,32,33,35)/t18-,23+/m1/s1. The van der Waals surface area contributed by atoms with E-state index in [1.54, 1.807) is 6.20 Å². The van der Waals surface area contributed by atoms with E-state index in [9.17, 15) is 18.7 Å². The monoisotopic (exact) mass is 551 g/mol. The van der Waals surface area contributed by atoms with Crippen LogP contribution < -0.4 is 20.7 Å². The summed E-state index contributed by atoms with van der Waals surface area (Å²) in [6, 6.07) is 9.47. The third-order valence-electron chi connectivity index (χ3n) is 6.96. The number of anilines is 3. The molecule has 4 N–H and O–H groups in total. The van der Waals surface area contributed by atoms with Crippen LogP contribution in [0.3, 0.4) is 0 Å². The van der Waals surface area contributed by atoms with Crippen LogP contribution in [0, 0.1) is 17.6 Å². The smallest absolute Gasteiger partial charge is 0.246 e. The van der Waals surface area contributed by atoms with Crippen LogP contribution in [0.2, 0.25) is 0 Å². The summed E-state index contributed by atoms with van der Waals surface area (Å²) in [6.07, 6.45) is 9.08. The molecular weight excluding hydrogens is 520 g/mol. The number of rotatable bonds is 11. The summed E-state index contributed by atoms with van der Waals surface area (Å²) in [5, 5.41) is 23.5. The van der Waals surface area contributed by atoms with Crippen molar-refractivity contribution < 1.29 is 23.4 Å². The van der Waals surface area contributed by atoms with Crippen LogP contribution in [-0.4, -0.2) is 56.6 Å². The Morgan fingerprint density at radius 3 is 2.90 bits per heavy atom. The average Bonchev–Trinajstić information content (AvgIpc) is 3.40. The minimum Gasteiger partial charge on any atom is -0.492 e. The fourth-order valence-electron chi connectivity index (χ4n) is 4.92. The van der Waals surface area contributed by atoms with Gasteiger partial charge in [0.1, 0.15) is 31.0 Å². The number of nitrogens with zero attached hydrogens (tertiary/aromatic N) is 4. The molecule has 5 rings (SSSR count). The number of aromatic nitrogens is 4. The molecule has 12 heteroatoms. The van der Waals surface area contributed by atoms with Gasteiger partial charge in [-0.1, -0.05) is 18.9 Å². The number of ether oxygens (including phenoxy) is 1. The lowest BCUT2D eigenvalue weighted by Gasteiger charge is -2.31. The lowest BCUT2D eigenvalue weighted by atomic mass is 9.85. The largest absolute Gasteiger partial charge is 0.492 e. The molecule has 1 amide bonds. The molecule has 2 aromatic carbocycles. The second-order valence-electron chi connectivity index (χ2n) is 9.74. The number of nitrogens with one attached hydrogen (secondary N) is 3. The average molecular weight is 552 g/mol. The molecule has 1 aliphatic carbocycles. The molecule has 1 aliphatic rings. The minimum atomic E-state index is -1.12. The first kappa shape index (κ1) is 27.4. The molecule has 0 unspecified atom stereocenters. The number of hydrogen-bond acceptors (Lipinski definition) is 8. The quantitative estimate of drug-likeness (QED) is 0.206. The van der Waals surface area contributed by atoms with E-state index in [-0.39, 0.29) is 18.8 Å². The Bertz CT molecular complexity index is 1470. The second kappa shape index (κ2) is 12.8. The first-order valence-corrected chi connectivity index (χ1v) is 13.3. The van der Waals surface area contributed by atoms with Crippen LogP contribution in [0.4, 0.5) is 26.0 Å². The third-order valence-corrected chi connectivity index (χ3v) is 6.96. The zero-order valence-electron chi connectivity index (χ0n) is 21.8. The summed E-state index contributed by atoms with van der Waals surface area (Å²) in [5.41, 5.74) is 1.04. The highest BCUT2D eigenvalue weighted by Crippen LogP contribution is 2.27. The molecule has 40 heavy (non-hydrogen) atoms. The maximum Gasteiger partial charge on any atom is 0.246 e. The van der Waals surface area contributed by atoms with Gasteiger partial charge in [0.25, 0.3) is 0 Å². The topological polar surface area (TPSA) is 126 Å². The molecule has 2 atom stereocenters. The van der Waals surface area contributed by atoms with Gasteiger partial charge in [0, 0.05) is 36.8 Å². The summed E-state index contributed by atoms with van der Waals surface area (Å²) in [4.78, 5) is 21.0. The van der Waals surface area contributed by atoms with Crippen molar-refractivity contribution in [3.8, 4) is 5.75 Å². The molecule has 0 saturated heterocycles. The van der Waals surface area contributed by atoms with Crippen LogP contribution in [0.1, 0.15) is 25.7 Å². The summed E-state index contributed by atoms with van der Waals surface area (Å²) in [6.45, 7) is 1.20. The number of aliphatic hydroxyl groups is 1. The highest BCUT2D eigenvalue weighted by Gasteiger charge is 2.23. The molecule has 0 spiro atoms. The number of carbonyl (C=O) groups is 1. The van der Waals surface area contributed by atoms with E-state index >= 15 is 0 Å². The molecule has 210 valence electrons. The Balaban J connectivity index is 1.16. The van der Waals surface area contributed by atoms with E-state index < -0.39 is 17.5 Å². The number of aliphatic hydroxyl groups excluding tert-OH is 1. The van der Waals surface area contributed by atoms with Crippen molar-refractivity contribution in [3.63, 3.8) is 0 Å². The zero-order valence-corrected chi connectivity index (χ0v) is 21.8. The van der Waals surface area contributed by atoms with Crippen molar-refractivity contribution in [2.45, 2.75) is 38.3 Å². The highest BCUT2D eigenvalue weighted by molar-refractivity contribution is 5.92. The predicted octanol–water partition coefficient (Wildman–Crippen LogP) is 4.01. The van der Waals surface area contributed by atoms with Gasteiger partial charge in [-0.2, -0.15) is 5.10 Å². The molecule has 0 aliphatic heterocycles. The Hall–Kier alpha value is -4.16. The third kappa shape index (κ3) is 6.69. The molecule has 1 saturated carbocycles. The van der Waals surface area contributed by atoms with E-state index in [1.165, 1.54) is 42.2 Å². The maximum absolute atomic E-state index is 13.8. The summed E-state index contributed by atoms with van der Waals surface area (Å²) in [7, 11) is 0. The number of carbonyl (C=O) groups excluding carboxylic acids is 1. The Morgan fingerprint density at radius 2 is 2.02 bits per heavy atom. The molecule has 0 radical (unpaired) electrons. The van der Waals surface area contributed by atoms with Crippen molar-refractivity contribution in [1.82, 2.24) is 25.1 Å². The fraction of sp³-hybridized carbons (Fsp3) is 0.357. The van der Waals surface area contributed by atoms with E-state index in [0.717, 1.165) is 24.3 Å². The van der Waals surface area contributed by atoms with Gasteiger partial charge in [0.2, 0.25) is 5.91 Å². The Morgan fingerprint density at radius 1 is 1.15 bits per heavy atom. The van der Waals surface area contributed by atoms with Crippen molar-refractivity contribution in [1.29, 1.82) is 0 Å². The van der Waals surface area contributed by atoms with E-state index in [1.807, 2.05) is 18.2 Å². The van der Waals surface area contributed by atoms with Crippen LogP contribution in [-0.2, 0) is 11.3 Å². The molecule has 10 nitrogen and oxygen atoms in total. The van der Waals surface area contributed by atoms with Gasteiger partial charge in [0.15, 0.2) is 11.6 Å². The second-order valence-corrected chi connectivity index (χ2v) is 9.74. The number of benzene rings is 2. The fourth-order valence-corrected chi connectivity index (χ4v) is 4.92. The van der Waals surface area contributed by atoms with Crippen LogP contribution >= 0.6 is 0 Å². The van der Waals surface area contributed by atoms with Gasteiger partial charge in [-0.15, -0.1) is 0 Å². The summed E-state index contributed by atoms with van der Waals surface area (Å²) < 4.78 is 34.5. The SMILES string of the molecule is O=C(Cn1cc(Nc2ncnc3cc(OCCN[C@H]4CCCC[C@@H]4CO)ccc23)cn1)Nc1cccc(F)c1F. The lowest BCUT2D eigenvalue weighted by molar-refractivity contribution is -0.116. The minimum absolute atomic E-state index is 0.195. The van der Waals surface area contributed by atoms with Crippen molar-refractivity contribution in [2.24, 2.45) is 5.92 Å². The van der Waals surface area contributed by atoms with Crippen LogP contribution in [0.5, 0.6) is 5.75 Å². The zero-order chi connectivity index (χ0) is 27.9. The van der Waals surface area contributed by atoms with Gasteiger partial charge >= 0.3 is 0 Å². The Labute approximate surface area is 229 Å². The lowest BCUT2D eigenvalue weighted by Crippen LogP contribution is -2.41. The van der Waals surface area contributed by atoms with Crippen LogP contribution in [0.25, 0.3) is 10.9 Å². The molecule has 2 aromatic heterocycles. The predicted molar refractivity (Wildman–Crippen MR) is 146 cm³/mol. The van der Waals surface area contributed by atoms with E-state index in [4.69, 9.17) is 4.74 Å². The van der Waals surface area contributed by atoms with Gasteiger partial charge in [-0.25, -0.2) is 18.7 Å². The number of amides is 1. The molecule has 4 aromatic rings. The van der Waals surface area contributed by atoms with Crippen molar-refractivity contribution in [3.05, 3.63) is 66.8 Å². The first-order valence-electron chi connectivity index (χ1n) is 13.3. The highest BCUT2D eigenvalue weighted by atomic mass is 19.2. The van der Waals surface area contributed by atoms with Gasteiger partial charge in [-0.05, 0) is 43.0 Å². The van der Waals surface area contributed by atoms with Gasteiger partial charge in [0.05, 0.1) is 23.1 Å². The molecule has 0 bridgehead atoms. The number of fused-ring (bicyclic) bond motifs is 1. The van der Waals surface area contributed by atoms with Gasteiger partial charge in [-0.3, -0.25) is 9.48 Å². The van der Waals surface area contributed by atoms with Crippen molar-refractivity contribution >= 4 is 34.0 Å².